The van der Waals surface area contributed by atoms with Gasteiger partial charge in [-0.3, -0.25) is 4.18 Å². The quantitative estimate of drug-likeness (QED) is 0.776. The third kappa shape index (κ3) is 4.57. The van der Waals surface area contributed by atoms with Crippen molar-refractivity contribution in [1.29, 1.82) is 0 Å². The molecule has 0 atom stereocenters. The second-order valence-corrected chi connectivity index (χ2v) is 5.43. The first kappa shape index (κ1) is 13.6. The first-order valence-electron chi connectivity index (χ1n) is 4.53. The molecule has 0 amide bonds. The molecule has 0 aliphatic rings. The smallest absolute Gasteiger partial charge is 0.267 e. The van der Waals surface area contributed by atoms with Crippen molar-refractivity contribution in [2.24, 2.45) is 0 Å². The fraction of sp³-hybridized carbons (Fsp3) is 0.200. The van der Waals surface area contributed by atoms with Gasteiger partial charge in [-0.1, -0.05) is 12.1 Å². The summed E-state index contributed by atoms with van der Waals surface area (Å²) in [6, 6.07) is 7.18. The lowest BCUT2D eigenvalue weighted by atomic mass is 10.2. The van der Waals surface area contributed by atoms with Crippen LogP contribution in [0, 0.1) is 0 Å². The number of benzene rings is 1. The second-order valence-electron chi connectivity index (χ2n) is 2.85. The average Bonchev–Trinajstić information content (AvgIpc) is 2.27. The van der Waals surface area contributed by atoms with E-state index in [0.29, 0.717) is 0 Å². The lowest BCUT2D eigenvalue weighted by molar-refractivity contribution is 0.345. The summed E-state index contributed by atoms with van der Waals surface area (Å²) in [4.78, 5) is 0.909. The Labute approximate surface area is 104 Å². The zero-order valence-corrected chi connectivity index (χ0v) is 11.0. The predicted octanol–water partition coefficient (Wildman–Crippen LogP) is 3.27. The standard InChI is InChI=1S/C10H11ClO3S2/c1-2-14-16(12,13)8-7-9-3-5-10(15-11)6-4-9/h3-8H,2H2,1H3. The van der Waals surface area contributed by atoms with Crippen LogP contribution in [-0.2, 0) is 14.3 Å². The van der Waals surface area contributed by atoms with Gasteiger partial charge in [0.05, 0.1) is 12.0 Å². The van der Waals surface area contributed by atoms with Gasteiger partial charge in [0.1, 0.15) is 0 Å². The fourth-order valence-corrected chi connectivity index (χ4v) is 2.27. The van der Waals surface area contributed by atoms with Crippen LogP contribution in [0.25, 0.3) is 6.08 Å². The van der Waals surface area contributed by atoms with Gasteiger partial charge >= 0.3 is 0 Å². The molecule has 1 aromatic rings. The number of hydrogen-bond donors (Lipinski definition) is 0. The molecule has 0 heterocycles. The summed E-state index contributed by atoms with van der Waals surface area (Å²) in [6.45, 7) is 1.76. The Kier molecular flexibility index (Phi) is 5.34. The molecule has 16 heavy (non-hydrogen) atoms. The molecule has 0 aliphatic heterocycles. The SMILES string of the molecule is CCOS(=O)(=O)C=Cc1ccc(SCl)cc1. The van der Waals surface area contributed by atoms with E-state index in [2.05, 4.69) is 4.18 Å². The van der Waals surface area contributed by atoms with Crippen LogP contribution in [0.2, 0.25) is 0 Å². The van der Waals surface area contributed by atoms with Crippen LogP contribution in [0.4, 0.5) is 0 Å². The summed E-state index contributed by atoms with van der Waals surface area (Å²) in [5.74, 6) is 0. The predicted molar refractivity (Wildman–Crippen MR) is 67.7 cm³/mol. The monoisotopic (exact) mass is 278 g/mol. The molecule has 0 unspecified atom stereocenters. The average molecular weight is 279 g/mol. The Morgan fingerprint density at radius 2 is 2.00 bits per heavy atom. The van der Waals surface area contributed by atoms with E-state index >= 15 is 0 Å². The van der Waals surface area contributed by atoms with E-state index in [1.54, 1.807) is 19.1 Å². The van der Waals surface area contributed by atoms with Crippen LogP contribution in [0.3, 0.4) is 0 Å². The number of rotatable bonds is 5. The molecule has 0 fully saturated rings. The summed E-state index contributed by atoms with van der Waals surface area (Å²) in [6.07, 6.45) is 1.48. The molecule has 0 saturated carbocycles. The fourth-order valence-electron chi connectivity index (χ4n) is 0.996. The Bertz CT molecular complexity index is 451. The van der Waals surface area contributed by atoms with Crippen molar-refractivity contribution in [2.45, 2.75) is 11.8 Å². The maximum atomic E-state index is 11.2. The van der Waals surface area contributed by atoms with E-state index in [9.17, 15) is 8.42 Å². The van der Waals surface area contributed by atoms with Gasteiger partial charge in [-0.15, -0.1) is 0 Å². The molecule has 1 rings (SSSR count). The molecular formula is C10H11ClO3S2. The molecule has 88 valence electrons. The molecule has 1 aromatic carbocycles. The first-order valence-corrected chi connectivity index (χ1v) is 7.65. The highest BCUT2D eigenvalue weighted by molar-refractivity contribution is 8.21. The first-order chi connectivity index (χ1) is 7.57. The van der Waals surface area contributed by atoms with Crippen molar-refractivity contribution in [1.82, 2.24) is 0 Å². The Morgan fingerprint density at radius 1 is 1.38 bits per heavy atom. The van der Waals surface area contributed by atoms with E-state index in [-0.39, 0.29) is 6.61 Å². The largest absolute Gasteiger partial charge is 0.290 e. The summed E-state index contributed by atoms with van der Waals surface area (Å²) in [7, 11) is 3.11. The van der Waals surface area contributed by atoms with Gasteiger partial charge in [-0.25, -0.2) is 0 Å². The highest BCUT2D eigenvalue weighted by Gasteiger charge is 2.03. The third-order valence-electron chi connectivity index (χ3n) is 1.68. The van der Waals surface area contributed by atoms with Crippen LogP contribution in [0.15, 0.2) is 34.6 Å². The molecule has 0 aliphatic carbocycles. The highest BCUT2D eigenvalue weighted by atomic mass is 35.7. The van der Waals surface area contributed by atoms with Crippen molar-refractivity contribution in [3.05, 3.63) is 35.2 Å². The molecular weight excluding hydrogens is 268 g/mol. The molecule has 0 aromatic heterocycles. The van der Waals surface area contributed by atoms with Crippen molar-refractivity contribution in [3.8, 4) is 0 Å². The van der Waals surface area contributed by atoms with Gasteiger partial charge in [0.25, 0.3) is 10.1 Å². The van der Waals surface area contributed by atoms with Crippen LogP contribution in [0.5, 0.6) is 0 Å². The lowest BCUT2D eigenvalue weighted by Gasteiger charge is -1.97. The molecule has 0 spiro atoms. The minimum atomic E-state index is -3.56. The number of hydrogen-bond acceptors (Lipinski definition) is 4. The Balaban J connectivity index is 2.76. The van der Waals surface area contributed by atoms with E-state index in [1.165, 1.54) is 6.08 Å². The number of halogens is 1. The van der Waals surface area contributed by atoms with Crippen LogP contribution < -0.4 is 0 Å². The minimum absolute atomic E-state index is 0.133. The zero-order chi connectivity index (χ0) is 12.0. The zero-order valence-electron chi connectivity index (χ0n) is 8.59. The molecule has 0 bridgehead atoms. The Hall–Kier alpha value is -0.490. The molecule has 6 heteroatoms. The van der Waals surface area contributed by atoms with Crippen LogP contribution in [0.1, 0.15) is 12.5 Å². The van der Waals surface area contributed by atoms with Crippen molar-refractivity contribution >= 4 is 37.9 Å². The third-order valence-corrected chi connectivity index (χ3v) is 3.70. The van der Waals surface area contributed by atoms with Crippen LogP contribution in [-0.4, -0.2) is 15.0 Å². The Morgan fingerprint density at radius 3 is 2.50 bits per heavy atom. The minimum Gasteiger partial charge on any atom is -0.267 e. The molecule has 0 radical (unpaired) electrons. The summed E-state index contributed by atoms with van der Waals surface area (Å²) in [5, 5.41) is 1.04. The highest BCUT2D eigenvalue weighted by Crippen LogP contribution is 2.22. The van der Waals surface area contributed by atoms with Gasteiger partial charge in [0.2, 0.25) is 0 Å². The van der Waals surface area contributed by atoms with Gasteiger partial charge < -0.3 is 0 Å². The van der Waals surface area contributed by atoms with E-state index < -0.39 is 10.1 Å². The van der Waals surface area contributed by atoms with E-state index in [1.807, 2.05) is 12.1 Å². The topological polar surface area (TPSA) is 43.4 Å². The van der Waals surface area contributed by atoms with Crippen molar-refractivity contribution in [2.75, 3.05) is 6.61 Å². The summed E-state index contributed by atoms with van der Waals surface area (Å²) in [5.41, 5.74) is 0.776. The van der Waals surface area contributed by atoms with E-state index in [4.69, 9.17) is 10.7 Å². The summed E-state index contributed by atoms with van der Waals surface area (Å²) < 4.78 is 26.9. The van der Waals surface area contributed by atoms with Gasteiger partial charge in [0.15, 0.2) is 0 Å². The maximum Gasteiger partial charge on any atom is 0.290 e. The normalized spacial score (nSPS) is 12.1. The molecule has 0 saturated heterocycles. The molecule has 0 N–H and O–H groups in total. The lowest BCUT2D eigenvalue weighted by Crippen LogP contribution is -2.00. The maximum absolute atomic E-state index is 11.2. The van der Waals surface area contributed by atoms with Crippen LogP contribution >= 0.6 is 21.7 Å². The van der Waals surface area contributed by atoms with Gasteiger partial charge in [0, 0.05) is 4.90 Å². The van der Waals surface area contributed by atoms with E-state index in [0.717, 1.165) is 26.8 Å². The second kappa shape index (κ2) is 6.30. The van der Waals surface area contributed by atoms with Gasteiger partial charge in [-0.2, -0.15) is 8.42 Å². The summed E-state index contributed by atoms with van der Waals surface area (Å²) >= 11 is 0. The molecule has 3 nitrogen and oxygen atoms in total. The van der Waals surface area contributed by atoms with Crippen molar-refractivity contribution in [3.63, 3.8) is 0 Å². The van der Waals surface area contributed by atoms with Crippen molar-refractivity contribution < 1.29 is 12.6 Å². The van der Waals surface area contributed by atoms with Gasteiger partial charge in [-0.05, 0) is 52.4 Å².